The number of carbonyl (C=O) groups is 1. The standard InChI is InChI=1S/C16H18N2O2/c1-20-15-9-5-4-8-14(15)16-12(11-19)10-18(17-16)13-6-2-3-7-13/h4-5,8-11,13H,2-3,6-7H2,1H3. The lowest BCUT2D eigenvalue weighted by molar-refractivity contribution is 0.112. The molecule has 0 amide bonds. The molecular weight excluding hydrogens is 252 g/mol. The quantitative estimate of drug-likeness (QED) is 0.799. The van der Waals surface area contributed by atoms with Crippen LogP contribution in [0.2, 0.25) is 0 Å². The van der Waals surface area contributed by atoms with Crippen LogP contribution in [0.4, 0.5) is 0 Å². The first-order valence-corrected chi connectivity index (χ1v) is 7.01. The monoisotopic (exact) mass is 270 g/mol. The maximum Gasteiger partial charge on any atom is 0.153 e. The zero-order valence-corrected chi connectivity index (χ0v) is 11.6. The van der Waals surface area contributed by atoms with E-state index >= 15 is 0 Å². The first kappa shape index (κ1) is 12.9. The van der Waals surface area contributed by atoms with Crippen LogP contribution in [0.5, 0.6) is 5.75 Å². The summed E-state index contributed by atoms with van der Waals surface area (Å²) in [5.41, 5.74) is 2.21. The topological polar surface area (TPSA) is 44.1 Å². The molecule has 1 saturated carbocycles. The normalized spacial score (nSPS) is 15.4. The summed E-state index contributed by atoms with van der Waals surface area (Å²) in [7, 11) is 1.63. The molecule has 0 N–H and O–H groups in total. The third-order valence-corrected chi connectivity index (χ3v) is 3.95. The summed E-state index contributed by atoms with van der Waals surface area (Å²) >= 11 is 0. The highest BCUT2D eigenvalue weighted by atomic mass is 16.5. The van der Waals surface area contributed by atoms with E-state index < -0.39 is 0 Å². The second-order valence-corrected chi connectivity index (χ2v) is 5.17. The van der Waals surface area contributed by atoms with Gasteiger partial charge >= 0.3 is 0 Å². The van der Waals surface area contributed by atoms with Crippen molar-refractivity contribution < 1.29 is 9.53 Å². The predicted molar refractivity (Wildman–Crippen MR) is 77.1 cm³/mol. The lowest BCUT2D eigenvalue weighted by Gasteiger charge is -2.09. The third kappa shape index (κ3) is 2.22. The highest BCUT2D eigenvalue weighted by Crippen LogP contribution is 2.34. The molecule has 1 aliphatic rings. The fourth-order valence-corrected chi connectivity index (χ4v) is 2.90. The van der Waals surface area contributed by atoms with Gasteiger partial charge in [-0.3, -0.25) is 9.48 Å². The van der Waals surface area contributed by atoms with E-state index in [2.05, 4.69) is 5.10 Å². The Hall–Kier alpha value is -2.10. The van der Waals surface area contributed by atoms with E-state index in [1.54, 1.807) is 7.11 Å². The maximum absolute atomic E-state index is 11.3. The first-order chi connectivity index (χ1) is 9.83. The van der Waals surface area contributed by atoms with Crippen molar-refractivity contribution in [1.82, 2.24) is 9.78 Å². The third-order valence-electron chi connectivity index (χ3n) is 3.95. The number of methoxy groups -OCH3 is 1. The molecule has 4 heteroatoms. The fourth-order valence-electron chi connectivity index (χ4n) is 2.90. The highest BCUT2D eigenvalue weighted by molar-refractivity contribution is 5.87. The van der Waals surface area contributed by atoms with Crippen LogP contribution in [-0.2, 0) is 0 Å². The average Bonchev–Trinajstić information content (AvgIpc) is 3.15. The molecule has 0 saturated heterocycles. The Morgan fingerprint density at radius 2 is 2.05 bits per heavy atom. The Kier molecular flexibility index (Phi) is 3.54. The molecule has 1 fully saturated rings. The van der Waals surface area contributed by atoms with Crippen LogP contribution in [0.3, 0.4) is 0 Å². The number of carbonyl (C=O) groups excluding carboxylic acids is 1. The van der Waals surface area contributed by atoms with Gasteiger partial charge in [-0.1, -0.05) is 25.0 Å². The molecule has 0 atom stereocenters. The Morgan fingerprint density at radius 1 is 1.30 bits per heavy atom. The van der Waals surface area contributed by atoms with Crippen molar-refractivity contribution in [2.45, 2.75) is 31.7 Å². The van der Waals surface area contributed by atoms with Gasteiger partial charge < -0.3 is 4.74 Å². The van der Waals surface area contributed by atoms with Gasteiger partial charge in [-0.15, -0.1) is 0 Å². The van der Waals surface area contributed by atoms with Gasteiger partial charge in [0.25, 0.3) is 0 Å². The van der Waals surface area contributed by atoms with Gasteiger partial charge in [-0.25, -0.2) is 0 Å². The smallest absolute Gasteiger partial charge is 0.153 e. The van der Waals surface area contributed by atoms with Gasteiger partial charge in [0, 0.05) is 11.8 Å². The number of ether oxygens (including phenoxy) is 1. The Labute approximate surface area is 118 Å². The molecule has 104 valence electrons. The second-order valence-electron chi connectivity index (χ2n) is 5.17. The van der Waals surface area contributed by atoms with E-state index in [9.17, 15) is 4.79 Å². The maximum atomic E-state index is 11.3. The van der Waals surface area contributed by atoms with Crippen molar-refractivity contribution in [3.8, 4) is 17.0 Å². The summed E-state index contributed by atoms with van der Waals surface area (Å²) in [6.45, 7) is 0. The number of benzene rings is 1. The van der Waals surface area contributed by atoms with Crippen LogP contribution >= 0.6 is 0 Å². The lowest BCUT2D eigenvalue weighted by atomic mass is 10.1. The minimum atomic E-state index is 0.428. The van der Waals surface area contributed by atoms with Gasteiger partial charge in [0.15, 0.2) is 6.29 Å². The molecule has 2 aromatic rings. The molecule has 0 bridgehead atoms. The van der Waals surface area contributed by atoms with Crippen molar-refractivity contribution >= 4 is 6.29 Å². The fraction of sp³-hybridized carbons (Fsp3) is 0.375. The number of hydrogen-bond donors (Lipinski definition) is 0. The number of nitrogens with zero attached hydrogens (tertiary/aromatic N) is 2. The molecule has 1 aliphatic carbocycles. The number of hydrogen-bond acceptors (Lipinski definition) is 3. The summed E-state index contributed by atoms with van der Waals surface area (Å²) < 4.78 is 7.33. The summed E-state index contributed by atoms with van der Waals surface area (Å²) in [6.07, 6.45) is 7.51. The molecule has 3 rings (SSSR count). The van der Waals surface area contributed by atoms with Gasteiger partial charge in [0.1, 0.15) is 11.4 Å². The van der Waals surface area contributed by atoms with E-state index in [0.29, 0.717) is 17.3 Å². The largest absolute Gasteiger partial charge is 0.496 e. The van der Waals surface area contributed by atoms with E-state index in [1.807, 2.05) is 35.1 Å². The highest BCUT2D eigenvalue weighted by Gasteiger charge is 2.21. The predicted octanol–water partition coefficient (Wildman–Crippen LogP) is 3.49. The van der Waals surface area contributed by atoms with E-state index in [-0.39, 0.29) is 0 Å². The molecule has 1 heterocycles. The molecule has 0 aliphatic heterocycles. The Bertz CT molecular complexity index is 613. The second kappa shape index (κ2) is 5.49. The molecular formula is C16H18N2O2. The van der Waals surface area contributed by atoms with Gasteiger partial charge in [0.2, 0.25) is 0 Å². The number of aldehydes is 1. The van der Waals surface area contributed by atoms with E-state index in [0.717, 1.165) is 30.4 Å². The van der Waals surface area contributed by atoms with Gasteiger partial charge in [0.05, 0.1) is 18.7 Å². The van der Waals surface area contributed by atoms with Crippen LogP contribution in [-0.4, -0.2) is 23.2 Å². The molecule has 0 radical (unpaired) electrons. The van der Waals surface area contributed by atoms with E-state index in [1.165, 1.54) is 12.8 Å². The van der Waals surface area contributed by atoms with E-state index in [4.69, 9.17) is 4.74 Å². The van der Waals surface area contributed by atoms with Crippen LogP contribution in [0.15, 0.2) is 30.5 Å². The van der Waals surface area contributed by atoms with Crippen molar-refractivity contribution in [1.29, 1.82) is 0 Å². The Morgan fingerprint density at radius 3 is 2.75 bits per heavy atom. The number of aromatic nitrogens is 2. The first-order valence-electron chi connectivity index (χ1n) is 7.01. The number of rotatable bonds is 4. The SMILES string of the molecule is COc1ccccc1-c1nn(C2CCCC2)cc1C=O. The molecule has 1 aromatic heterocycles. The van der Waals surface area contributed by atoms with Crippen LogP contribution in [0.1, 0.15) is 42.1 Å². The molecule has 4 nitrogen and oxygen atoms in total. The summed E-state index contributed by atoms with van der Waals surface area (Å²) in [4.78, 5) is 11.3. The summed E-state index contributed by atoms with van der Waals surface area (Å²) in [5.74, 6) is 0.743. The van der Waals surface area contributed by atoms with Crippen LogP contribution in [0.25, 0.3) is 11.3 Å². The van der Waals surface area contributed by atoms with Gasteiger partial charge in [-0.05, 0) is 25.0 Å². The van der Waals surface area contributed by atoms with Crippen LogP contribution in [0, 0.1) is 0 Å². The lowest BCUT2D eigenvalue weighted by Crippen LogP contribution is -2.05. The Balaban J connectivity index is 2.05. The summed E-state index contributed by atoms with van der Waals surface area (Å²) in [5, 5.41) is 4.65. The zero-order valence-electron chi connectivity index (χ0n) is 11.6. The zero-order chi connectivity index (χ0) is 13.9. The van der Waals surface area contributed by atoms with Crippen molar-refractivity contribution in [2.24, 2.45) is 0 Å². The summed E-state index contributed by atoms with van der Waals surface area (Å²) in [6, 6.07) is 8.10. The minimum absolute atomic E-state index is 0.428. The average molecular weight is 270 g/mol. The molecule has 1 aromatic carbocycles. The number of para-hydroxylation sites is 1. The minimum Gasteiger partial charge on any atom is -0.496 e. The molecule has 0 spiro atoms. The van der Waals surface area contributed by atoms with Crippen molar-refractivity contribution in [3.05, 3.63) is 36.0 Å². The molecule has 20 heavy (non-hydrogen) atoms. The van der Waals surface area contributed by atoms with Crippen LogP contribution < -0.4 is 4.74 Å². The van der Waals surface area contributed by atoms with Crippen molar-refractivity contribution in [2.75, 3.05) is 7.11 Å². The molecule has 0 unspecified atom stereocenters. The van der Waals surface area contributed by atoms with Gasteiger partial charge in [-0.2, -0.15) is 5.10 Å². The van der Waals surface area contributed by atoms with Crippen molar-refractivity contribution in [3.63, 3.8) is 0 Å².